The van der Waals surface area contributed by atoms with Crippen LogP contribution in [0.25, 0.3) is 0 Å². The lowest BCUT2D eigenvalue weighted by Crippen LogP contribution is -2.39. The molecule has 23 heavy (non-hydrogen) atoms. The summed E-state index contributed by atoms with van der Waals surface area (Å²) < 4.78 is 0. The molecule has 5 heteroatoms. The SMILES string of the molecule is CCCC(=O)Nc1ccc(CN=C(NCC)NC2CC2C)cc1. The predicted molar refractivity (Wildman–Crippen MR) is 95.5 cm³/mol. The van der Waals surface area contributed by atoms with Crippen LogP contribution in [-0.2, 0) is 11.3 Å². The van der Waals surface area contributed by atoms with Gasteiger partial charge in [0.2, 0.25) is 5.91 Å². The second kappa shape index (κ2) is 8.56. The standard InChI is InChI=1S/C18H28N4O/c1-4-6-17(23)21-15-9-7-14(8-10-15)12-20-18(19-5-2)22-16-11-13(16)3/h7-10,13,16H,4-6,11-12H2,1-3H3,(H,21,23)(H2,19,20,22). The molecule has 0 radical (unpaired) electrons. The number of carbonyl (C=O) groups excluding carboxylic acids is 1. The van der Waals surface area contributed by atoms with E-state index < -0.39 is 0 Å². The Morgan fingerprint density at radius 3 is 2.52 bits per heavy atom. The normalized spacial score (nSPS) is 20.0. The van der Waals surface area contributed by atoms with Crippen molar-refractivity contribution in [2.24, 2.45) is 10.9 Å². The Hall–Kier alpha value is -2.04. The van der Waals surface area contributed by atoms with Gasteiger partial charge in [-0.3, -0.25) is 4.79 Å². The van der Waals surface area contributed by atoms with E-state index >= 15 is 0 Å². The van der Waals surface area contributed by atoms with E-state index in [-0.39, 0.29) is 5.91 Å². The molecule has 0 spiro atoms. The second-order valence-corrected chi connectivity index (χ2v) is 6.15. The molecule has 1 aromatic carbocycles. The second-order valence-electron chi connectivity index (χ2n) is 6.15. The first-order chi connectivity index (χ1) is 11.1. The predicted octanol–water partition coefficient (Wildman–Crippen LogP) is 2.89. The van der Waals surface area contributed by atoms with Gasteiger partial charge in [-0.1, -0.05) is 26.0 Å². The Labute approximate surface area is 139 Å². The van der Waals surface area contributed by atoms with Gasteiger partial charge >= 0.3 is 0 Å². The van der Waals surface area contributed by atoms with Crippen molar-refractivity contribution in [3.05, 3.63) is 29.8 Å². The number of hydrogen-bond acceptors (Lipinski definition) is 2. The van der Waals surface area contributed by atoms with Crippen molar-refractivity contribution in [1.29, 1.82) is 0 Å². The first-order valence-corrected chi connectivity index (χ1v) is 8.56. The van der Waals surface area contributed by atoms with Gasteiger partial charge < -0.3 is 16.0 Å². The number of carbonyl (C=O) groups is 1. The topological polar surface area (TPSA) is 65.5 Å². The van der Waals surface area contributed by atoms with Gasteiger partial charge in [0.1, 0.15) is 0 Å². The maximum absolute atomic E-state index is 11.6. The molecular weight excluding hydrogens is 288 g/mol. The Morgan fingerprint density at radius 2 is 1.96 bits per heavy atom. The third-order valence-electron chi connectivity index (χ3n) is 3.91. The summed E-state index contributed by atoms with van der Waals surface area (Å²) in [4.78, 5) is 16.2. The van der Waals surface area contributed by atoms with Gasteiger partial charge in [-0.15, -0.1) is 0 Å². The Balaban J connectivity index is 1.88. The number of nitrogens with zero attached hydrogens (tertiary/aromatic N) is 1. The molecule has 0 aromatic heterocycles. The number of anilines is 1. The summed E-state index contributed by atoms with van der Waals surface area (Å²) in [5.74, 6) is 1.68. The third kappa shape index (κ3) is 5.93. The van der Waals surface area contributed by atoms with E-state index in [4.69, 9.17) is 0 Å². The van der Waals surface area contributed by atoms with Crippen LogP contribution in [-0.4, -0.2) is 24.5 Å². The van der Waals surface area contributed by atoms with Crippen LogP contribution in [0.5, 0.6) is 0 Å². The summed E-state index contributed by atoms with van der Waals surface area (Å²) in [6, 6.07) is 8.44. The zero-order valence-corrected chi connectivity index (χ0v) is 14.4. The van der Waals surface area contributed by atoms with E-state index in [0.717, 1.165) is 36.1 Å². The van der Waals surface area contributed by atoms with Crippen molar-refractivity contribution in [2.75, 3.05) is 11.9 Å². The first kappa shape index (κ1) is 17.3. The molecule has 1 aromatic rings. The van der Waals surface area contributed by atoms with Crippen LogP contribution in [0, 0.1) is 5.92 Å². The van der Waals surface area contributed by atoms with Crippen LogP contribution in [0.15, 0.2) is 29.3 Å². The van der Waals surface area contributed by atoms with Gasteiger partial charge in [-0.2, -0.15) is 0 Å². The van der Waals surface area contributed by atoms with E-state index in [2.05, 4.69) is 34.8 Å². The molecule has 126 valence electrons. The van der Waals surface area contributed by atoms with Crippen molar-refractivity contribution in [2.45, 2.75) is 52.6 Å². The fourth-order valence-corrected chi connectivity index (χ4v) is 2.33. The lowest BCUT2D eigenvalue weighted by atomic mass is 10.2. The zero-order valence-electron chi connectivity index (χ0n) is 14.4. The molecule has 2 unspecified atom stereocenters. The van der Waals surface area contributed by atoms with Gasteiger partial charge in [-0.05, 0) is 43.4 Å². The van der Waals surface area contributed by atoms with Crippen molar-refractivity contribution in [1.82, 2.24) is 10.6 Å². The first-order valence-electron chi connectivity index (χ1n) is 8.56. The number of hydrogen-bond donors (Lipinski definition) is 3. The highest BCUT2D eigenvalue weighted by Gasteiger charge is 2.33. The van der Waals surface area contributed by atoms with Crippen LogP contribution in [0.4, 0.5) is 5.69 Å². The summed E-state index contributed by atoms with van der Waals surface area (Å²) in [5.41, 5.74) is 1.97. The van der Waals surface area contributed by atoms with Gasteiger partial charge in [0.05, 0.1) is 6.54 Å². The lowest BCUT2D eigenvalue weighted by molar-refractivity contribution is -0.116. The van der Waals surface area contributed by atoms with E-state index in [0.29, 0.717) is 19.0 Å². The number of aliphatic imine (C=N–C) groups is 1. The maximum atomic E-state index is 11.6. The minimum atomic E-state index is 0.0652. The average molecular weight is 316 g/mol. The molecule has 1 fully saturated rings. The minimum absolute atomic E-state index is 0.0652. The fraction of sp³-hybridized carbons (Fsp3) is 0.556. The molecule has 2 rings (SSSR count). The number of amides is 1. The molecule has 0 aliphatic heterocycles. The summed E-state index contributed by atoms with van der Waals surface area (Å²) in [6.07, 6.45) is 2.64. The summed E-state index contributed by atoms with van der Waals surface area (Å²) in [6.45, 7) is 7.79. The van der Waals surface area contributed by atoms with E-state index in [1.807, 2.05) is 31.2 Å². The fourth-order valence-electron chi connectivity index (χ4n) is 2.33. The molecule has 0 saturated heterocycles. The highest BCUT2D eigenvalue weighted by molar-refractivity contribution is 5.90. The van der Waals surface area contributed by atoms with E-state index in [9.17, 15) is 4.79 Å². The van der Waals surface area contributed by atoms with Crippen LogP contribution < -0.4 is 16.0 Å². The molecule has 5 nitrogen and oxygen atoms in total. The van der Waals surface area contributed by atoms with Crippen LogP contribution in [0.1, 0.15) is 45.6 Å². The molecule has 1 aliphatic carbocycles. The smallest absolute Gasteiger partial charge is 0.224 e. The molecular formula is C18H28N4O. The maximum Gasteiger partial charge on any atom is 0.224 e. The van der Waals surface area contributed by atoms with Crippen molar-refractivity contribution in [3.8, 4) is 0 Å². The molecule has 1 saturated carbocycles. The van der Waals surface area contributed by atoms with Crippen molar-refractivity contribution in [3.63, 3.8) is 0 Å². The molecule has 1 amide bonds. The van der Waals surface area contributed by atoms with E-state index in [1.54, 1.807) is 0 Å². The average Bonchev–Trinajstić information content (AvgIpc) is 3.22. The lowest BCUT2D eigenvalue weighted by Gasteiger charge is -2.11. The monoisotopic (exact) mass is 316 g/mol. The Kier molecular flexibility index (Phi) is 6.44. The summed E-state index contributed by atoms with van der Waals surface area (Å²) in [5, 5.41) is 9.62. The van der Waals surface area contributed by atoms with Crippen LogP contribution in [0.3, 0.4) is 0 Å². The highest BCUT2D eigenvalue weighted by atomic mass is 16.1. The van der Waals surface area contributed by atoms with Gasteiger partial charge in [0, 0.05) is 24.7 Å². The number of nitrogens with one attached hydrogen (secondary N) is 3. The van der Waals surface area contributed by atoms with Crippen molar-refractivity contribution >= 4 is 17.6 Å². The molecule has 0 heterocycles. The Bertz CT molecular complexity index is 538. The number of rotatable bonds is 7. The highest BCUT2D eigenvalue weighted by Crippen LogP contribution is 2.28. The molecule has 1 aliphatic rings. The number of guanidine groups is 1. The Morgan fingerprint density at radius 1 is 1.26 bits per heavy atom. The molecule has 0 bridgehead atoms. The third-order valence-corrected chi connectivity index (χ3v) is 3.91. The summed E-state index contributed by atoms with van der Waals surface area (Å²) in [7, 11) is 0. The summed E-state index contributed by atoms with van der Waals surface area (Å²) >= 11 is 0. The van der Waals surface area contributed by atoms with Gasteiger partial charge in [0.15, 0.2) is 5.96 Å². The van der Waals surface area contributed by atoms with Crippen LogP contribution in [0.2, 0.25) is 0 Å². The largest absolute Gasteiger partial charge is 0.357 e. The van der Waals surface area contributed by atoms with E-state index in [1.165, 1.54) is 6.42 Å². The minimum Gasteiger partial charge on any atom is -0.357 e. The van der Waals surface area contributed by atoms with Gasteiger partial charge in [-0.25, -0.2) is 4.99 Å². The van der Waals surface area contributed by atoms with Gasteiger partial charge in [0.25, 0.3) is 0 Å². The molecule has 3 N–H and O–H groups in total. The number of benzene rings is 1. The van der Waals surface area contributed by atoms with Crippen LogP contribution >= 0.6 is 0 Å². The van der Waals surface area contributed by atoms with Crippen molar-refractivity contribution < 1.29 is 4.79 Å². The zero-order chi connectivity index (χ0) is 16.7. The quantitative estimate of drug-likeness (QED) is 0.535. The molecule has 2 atom stereocenters.